The molecule has 6 fully saturated rings. The van der Waals surface area contributed by atoms with Gasteiger partial charge in [0.25, 0.3) is 0 Å². The lowest BCUT2D eigenvalue weighted by Crippen LogP contribution is -2.15. The fourth-order valence-corrected chi connectivity index (χ4v) is 9.05. The number of phosphoric ester groups is 1. The van der Waals surface area contributed by atoms with Crippen LogP contribution < -0.4 is 0 Å². The molecule has 0 heterocycles. The molecule has 8 atom stereocenters. The largest absolute Gasteiger partial charge is 0.469 e. The fraction of sp³-hybridized carbons (Fsp3) is 0.833. The maximum Gasteiger partial charge on any atom is 0.469 e. The molecule has 0 aromatic carbocycles. The third kappa shape index (κ3) is 14.7. The van der Waals surface area contributed by atoms with Crippen molar-refractivity contribution in [2.75, 3.05) is 26.4 Å². The topological polar surface area (TPSA) is 140 Å². The van der Waals surface area contributed by atoms with E-state index in [1.165, 1.54) is 54.3 Å². The summed E-state index contributed by atoms with van der Waals surface area (Å²) in [5.41, 5.74) is 0.902. The average Bonchev–Trinajstić information content (AvgIpc) is 3.83. The van der Waals surface area contributed by atoms with E-state index in [0.717, 1.165) is 0 Å². The van der Waals surface area contributed by atoms with E-state index in [1.807, 2.05) is 0 Å². The molecule has 0 spiro atoms. The molecule has 46 heavy (non-hydrogen) atoms. The van der Waals surface area contributed by atoms with E-state index >= 15 is 0 Å². The normalized spacial score (nSPS) is 30.1. The zero-order valence-electron chi connectivity index (χ0n) is 29.6. The standard InChI is InChI=1S/2C10H16.2C6H10O2.C2H7O4P.C2H6O/c2*1-2-9-7-4-5-8(6-7)10(9)3-1;2*1-4-8-6(7)5(2)3;1-2-6-7(3,4)5;1-2-3/h2*7-10H,1-6H2;2*2,4H2,1,3H3;2H2,1H3,(H2,3,4,5);3H,2H2,1H3. The third-order valence-electron chi connectivity index (χ3n) is 10.2. The SMILES string of the molecule is C1CC2C3CCC(C3)C2C1.C1CC2C3CCC(C3)C2C1.C=C(C)C(=O)OCC.C=C(C)C(=O)OCC.CCO.CCOP(=O)(O)O. The van der Waals surface area contributed by atoms with Crippen molar-refractivity contribution in [1.29, 1.82) is 0 Å². The Bertz CT molecular complexity index is 881. The number of phosphoric acid groups is 1. The Morgan fingerprint density at radius 3 is 1.07 bits per heavy atom. The van der Waals surface area contributed by atoms with E-state index < -0.39 is 7.82 Å². The maximum atomic E-state index is 10.4. The summed E-state index contributed by atoms with van der Waals surface area (Å²) in [5, 5.41) is 7.57. The molecular weight excluding hydrogens is 607 g/mol. The summed E-state index contributed by atoms with van der Waals surface area (Å²) < 4.78 is 22.7. The molecule has 0 aromatic heterocycles. The number of aliphatic hydroxyl groups excluding tert-OH is 1. The highest BCUT2D eigenvalue weighted by Crippen LogP contribution is 2.59. The van der Waals surface area contributed by atoms with Gasteiger partial charge in [-0.05, 0) is 153 Å². The molecule has 6 aliphatic carbocycles. The van der Waals surface area contributed by atoms with E-state index in [1.54, 1.807) is 112 Å². The van der Waals surface area contributed by atoms with Crippen LogP contribution in [-0.4, -0.2) is 53.3 Å². The number of hydrogen-bond acceptors (Lipinski definition) is 7. The number of aliphatic hydroxyl groups is 1. The predicted molar refractivity (Wildman–Crippen MR) is 183 cm³/mol. The van der Waals surface area contributed by atoms with Crippen LogP contribution in [0.4, 0.5) is 0 Å². The van der Waals surface area contributed by atoms with Gasteiger partial charge in [-0.1, -0.05) is 26.0 Å². The molecule has 268 valence electrons. The highest BCUT2D eigenvalue weighted by atomic mass is 31.2. The molecule has 0 radical (unpaired) electrons. The minimum atomic E-state index is -4.17. The monoisotopic (exact) mass is 672 g/mol. The van der Waals surface area contributed by atoms with Crippen LogP contribution in [0.15, 0.2) is 24.3 Å². The molecule has 0 aliphatic heterocycles. The van der Waals surface area contributed by atoms with Crippen LogP contribution in [0.3, 0.4) is 0 Å². The van der Waals surface area contributed by atoms with Gasteiger partial charge in [-0.15, -0.1) is 0 Å². The number of hydrogen-bond donors (Lipinski definition) is 3. The summed E-state index contributed by atoms with van der Waals surface area (Å²) in [7, 11) is -4.17. The Labute approximate surface area is 279 Å². The van der Waals surface area contributed by atoms with E-state index in [-0.39, 0.29) is 25.2 Å². The summed E-state index contributed by atoms with van der Waals surface area (Å²) in [4.78, 5) is 36.7. The lowest BCUT2D eigenvalue weighted by Gasteiger charge is -2.23. The molecule has 6 aliphatic rings. The van der Waals surface area contributed by atoms with Gasteiger partial charge in [0, 0.05) is 17.8 Å². The van der Waals surface area contributed by atoms with Gasteiger partial charge in [-0.2, -0.15) is 0 Å². The molecule has 3 N–H and O–H groups in total. The first-order chi connectivity index (χ1) is 21.7. The number of ether oxygens (including phenoxy) is 2. The van der Waals surface area contributed by atoms with Crippen molar-refractivity contribution in [3.8, 4) is 0 Å². The third-order valence-corrected chi connectivity index (χ3v) is 10.8. The number of fused-ring (bicyclic) bond motifs is 10. The number of rotatable bonds is 6. The maximum absolute atomic E-state index is 10.4. The van der Waals surface area contributed by atoms with Crippen molar-refractivity contribution >= 4 is 19.8 Å². The first-order valence-corrected chi connectivity index (χ1v) is 19.2. The van der Waals surface area contributed by atoms with Gasteiger partial charge in [0.1, 0.15) is 0 Å². The van der Waals surface area contributed by atoms with Gasteiger partial charge in [-0.25, -0.2) is 14.2 Å². The predicted octanol–water partition coefficient (Wildman–Crippen LogP) is 8.03. The van der Waals surface area contributed by atoms with E-state index in [4.69, 9.17) is 14.9 Å². The minimum Gasteiger partial charge on any atom is -0.463 e. The molecule has 6 rings (SSSR count). The lowest BCUT2D eigenvalue weighted by molar-refractivity contribution is -0.139. The van der Waals surface area contributed by atoms with Crippen LogP contribution in [0.5, 0.6) is 0 Å². The zero-order chi connectivity index (χ0) is 34.9. The Hall–Kier alpha value is -1.51. The van der Waals surface area contributed by atoms with E-state index in [2.05, 4.69) is 27.2 Å². The number of carbonyl (C=O) groups excluding carboxylic acids is 2. The van der Waals surface area contributed by atoms with E-state index in [9.17, 15) is 14.2 Å². The van der Waals surface area contributed by atoms with Gasteiger partial charge in [-0.3, -0.25) is 4.52 Å². The number of carbonyl (C=O) groups is 2. The average molecular weight is 673 g/mol. The summed E-state index contributed by atoms with van der Waals surface area (Å²) in [6.45, 7) is 17.9. The highest BCUT2D eigenvalue weighted by molar-refractivity contribution is 7.46. The Morgan fingerprint density at radius 1 is 0.630 bits per heavy atom. The zero-order valence-corrected chi connectivity index (χ0v) is 30.5. The summed E-state index contributed by atoms with van der Waals surface area (Å²) in [6, 6.07) is 0. The molecule has 0 amide bonds. The molecule has 9 nitrogen and oxygen atoms in total. The van der Waals surface area contributed by atoms with Gasteiger partial charge >= 0.3 is 19.8 Å². The van der Waals surface area contributed by atoms with Crippen LogP contribution in [0.1, 0.15) is 119 Å². The van der Waals surface area contributed by atoms with Crippen LogP contribution in [0, 0.1) is 47.3 Å². The second-order valence-corrected chi connectivity index (χ2v) is 14.6. The van der Waals surface area contributed by atoms with Crippen LogP contribution in [-0.2, 0) is 28.2 Å². The van der Waals surface area contributed by atoms with Crippen molar-refractivity contribution in [1.82, 2.24) is 0 Å². The lowest BCUT2D eigenvalue weighted by atomic mass is 9.82. The second-order valence-electron chi connectivity index (χ2n) is 13.4. The molecule has 0 aromatic rings. The molecular formula is C36H65O9P. The summed E-state index contributed by atoms with van der Waals surface area (Å²) >= 11 is 0. The quantitative estimate of drug-likeness (QED) is 0.145. The summed E-state index contributed by atoms with van der Waals surface area (Å²) in [5.74, 6) is 8.97. The Balaban J connectivity index is 0.000000284. The Morgan fingerprint density at radius 2 is 0.913 bits per heavy atom. The van der Waals surface area contributed by atoms with Gasteiger partial charge in [0.15, 0.2) is 0 Å². The van der Waals surface area contributed by atoms with Crippen LogP contribution >= 0.6 is 7.82 Å². The molecule has 10 heteroatoms. The van der Waals surface area contributed by atoms with E-state index in [0.29, 0.717) is 24.4 Å². The first-order valence-electron chi connectivity index (χ1n) is 17.7. The minimum absolute atomic E-state index is 0.0459. The van der Waals surface area contributed by atoms with Gasteiger partial charge in [0.05, 0.1) is 19.8 Å². The fourth-order valence-electron chi connectivity index (χ4n) is 8.71. The van der Waals surface area contributed by atoms with Crippen molar-refractivity contribution in [3.63, 3.8) is 0 Å². The van der Waals surface area contributed by atoms with Crippen LogP contribution in [0.2, 0.25) is 0 Å². The molecule has 0 saturated heterocycles. The van der Waals surface area contributed by atoms with Gasteiger partial charge in [0.2, 0.25) is 0 Å². The first kappa shape index (κ1) is 42.5. The van der Waals surface area contributed by atoms with Crippen molar-refractivity contribution in [2.24, 2.45) is 47.3 Å². The Kier molecular flexibility index (Phi) is 20.5. The van der Waals surface area contributed by atoms with Crippen molar-refractivity contribution in [3.05, 3.63) is 24.3 Å². The molecule has 8 unspecified atom stereocenters. The van der Waals surface area contributed by atoms with Gasteiger partial charge < -0.3 is 24.4 Å². The second kappa shape index (κ2) is 22.2. The molecule has 6 saturated carbocycles. The van der Waals surface area contributed by atoms with Crippen LogP contribution in [0.25, 0.3) is 0 Å². The summed E-state index contributed by atoms with van der Waals surface area (Å²) in [6.07, 6.45) is 19.1. The van der Waals surface area contributed by atoms with Crippen molar-refractivity contribution in [2.45, 2.75) is 119 Å². The van der Waals surface area contributed by atoms with Crippen molar-refractivity contribution < 1.29 is 43.0 Å². The smallest absolute Gasteiger partial charge is 0.463 e. The number of esters is 2. The highest BCUT2D eigenvalue weighted by Gasteiger charge is 2.49. The molecule has 4 bridgehead atoms.